The largest absolute Gasteiger partial charge is 0.310 e. The maximum Gasteiger partial charge on any atom is 0.252 e. The molecule has 5 heteroatoms. The maximum absolute atomic E-state index is 10.4. The van der Waals surface area contributed by atoms with Crippen molar-refractivity contribution in [2.45, 2.75) is 5.41 Å². The summed E-state index contributed by atoms with van der Waals surface area (Å²) in [4.78, 5) is 0. The first kappa shape index (κ1) is 36.7. The fraction of sp³-hybridized carbons (Fsp3) is 0.0154. The molecule has 0 bridgehead atoms. The maximum atomic E-state index is 10.4. The minimum Gasteiger partial charge on any atom is -0.310 e. The van der Waals surface area contributed by atoms with Gasteiger partial charge in [0.25, 0.3) is 6.71 Å². The van der Waals surface area contributed by atoms with Gasteiger partial charge in [-0.1, -0.05) is 146 Å². The summed E-state index contributed by atoms with van der Waals surface area (Å²) in [6.45, 7) is -0.109. The summed E-state index contributed by atoms with van der Waals surface area (Å²) in [6.07, 6.45) is 0. The molecule has 1 spiro atoms. The molecule has 316 valence electrons. The molecule has 11 aromatic carbocycles. The Hall–Kier alpha value is -9.42. The molecule has 0 saturated carbocycles. The Kier molecular flexibility index (Phi) is 6.58. The molecule has 0 amide bonds. The Labute approximate surface area is 401 Å². The first-order valence-corrected chi connectivity index (χ1v) is 24.1. The number of nitriles is 2. The number of rotatable bonds is 1. The number of nitrogens with zero attached hydrogens (tertiary/aromatic N) is 4. The van der Waals surface area contributed by atoms with Gasteiger partial charge in [0.15, 0.2) is 0 Å². The van der Waals surface area contributed by atoms with Crippen LogP contribution in [0.3, 0.4) is 0 Å². The highest BCUT2D eigenvalue weighted by Crippen LogP contribution is 2.63. The van der Waals surface area contributed by atoms with Gasteiger partial charge in [0.1, 0.15) is 0 Å². The van der Waals surface area contributed by atoms with Gasteiger partial charge >= 0.3 is 0 Å². The molecule has 4 heterocycles. The molecule has 0 saturated heterocycles. The van der Waals surface area contributed by atoms with E-state index in [2.05, 4.69) is 209 Å². The van der Waals surface area contributed by atoms with E-state index >= 15 is 0 Å². The highest BCUT2D eigenvalue weighted by atomic mass is 15.0. The third-order valence-corrected chi connectivity index (χ3v) is 16.7. The van der Waals surface area contributed by atoms with Crippen molar-refractivity contribution >= 4 is 88.3 Å². The molecule has 0 radical (unpaired) electrons. The zero-order valence-electron chi connectivity index (χ0n) is 37.4. The van der Waals surface area contributed by atoms with Crippen LogP contribution in [0.2, 0.25) is 0 Å². The Morgan fingerprint density at radius 3 is 1.34 bits per heavy atom. The predicted octanol–water partition coefficient (Wildman–Crippen LogP) is 13.1. The number of hydrogen-bond acceptors (Lipinski definition) is 2. The van der Waals surface area contributed by atoms with Crippen molar-refractivity contribution < 1.29 is 0 Å². The van der Waals surface area contributed by atoms with Crippen LogP contribution < -0.4 is 16.4 Å². The van der Waals surface area contributed by atoms with Crippen molar-refractivity contribution in [3.8, 4) is 56.9 Å². The second-order valence-corrected chi connectivity index (χ2v) is 19.7. The quantitative estimate of drug-likeness (QED) is 0.154. The summed E-state index contributed by atoms with van der Waals surface area (Å²) in [5.41, 5.74) is 24.1. The normalized spacial score (nSPS) is 13.8. The lowest BCUT2D eigenvalue weighted by Crippen LogP contribution is -2.59. The summed E-state index contributed by atoms with van der Waals surface area (Å²) in [6, 6.07) is 79.0. The van der Waals surface area contributed by atoms with Crippen molar-refractivity contribution in [2.24, 2.45) is 0 Å². The smallest absolute Gasteiger partial charge is 0.252 e. The number of aromatic nitrogens is 2. The van der Waals surface area contributed by atoms with E-state index in [0.717, 1.165) is 44.3 Å². The lowest BCUT2D eigenvalue weighted by molar-refractivity contribution is 0.794. The summed E-state index contributed by atoms with van der Waals surface area (Å²) >= 11 is 0. The van der Waals surface area contributed by atoms with Gasteiger partial charge in [-0.15, -0.1) is 0 Å². The monoisotopic (exact) mass is 880 g/mol. The van der Waals surface area contributed by atoms with Crippen LogP contribution in [0.1, 0.15) is 33.4 Å². The fourth-order valence-electron chi connectivity index (χ4n) is 14.1. The van der Waals surface area contributed by atoms with Crippen molar-refractivity contribution in [3.05, 3.63) is 234 Å². The van der Waals surface area contributed by atoms with Gasteiger partial charge in [-0.3, -0.25) is 0 Å². The van der Waals surface area contributed by atoms with E-state index in [-0.39, 0.29) is 6.71 Å². The minimum absolute atomic E-state index is 0.109. The van der Waals surface area contributed by atoms with Crippen molar-refractivity contribution in [3.63, 3.8) is 0 Å². The molecule has 13 aromatic rings. The standard InChI is InChI=1S/C65H33BN4/c67-34-36-21-25-56-48(27-36)60-42-13-3-1-11-39(42)30-54-63(60)69(56)58-32-41(33-59-62(58)66(54)55-31-40-12-2-4-14-43(40)61-49-28-37(35-68)22-26-57(49)70(59)64(55)61)38-23-24-47-46-17-7-10-20-52(46)65(53(47)29-38)50-18-8-5-15-44(50)45-16-6-9-19-51(45)65/h1-33H. The summed E-state index contributed by atoms with van der Waals surface area (Å²) in [5, 5.41) is 29.9. The summed E-state index contributed by atoms with van der Waals surface area (Å²) in [5.74, 6) is 0. The molecule has 2 aromatic heterocycles. The van der Waals surface area contributed by atoms with Gasteiger partial charge in [0.2, 0.25) is 0 Å². The summed E-state index contributed by atoms with van der Waals surface area (Å²) < 4.78 is 5.03. The first-order valence-electron chi connectivity index (χ1n) is 24.1. The van der Waals surface area contributed by atoms with Crippen LogP contribution in [0.4, 0.5) is 0 Å². The topological polar surface area (TPSA) is 57.4 Å². The summed E-state index contributed by atoms with van der Waals surface area (Å²) in [7, 11) is 0. The van der Waals surface area contributed by atoms with Gasteiger partial charge < -0.3 is 9.13 Å². The molecule has 2 aliphatic carbocycles. The highest BCUT2D eigenvalue weighted by Gasteiger charge is 2.52. The Bertz CT molecular complexity index is 4500. The predicted molar refractivity (Wildman–Crippen MR) is 286 cm³/mol. The molecule has 0 atom stereocenters. The molecule has 17 rings (SSSR count). The van der Waals surface area contributed by atoms with Gasteiger partial charge in [-0.2, -0.15) is 10.5 Å². The van der Waals surface area contributed by atoms with Gasteiger partial charge in [0.05, 0.1) is 50.7 Å². The second kappa shape index (κ2) is 12.6. The van der Waals surface area contributed by atoms with Gasteiger partial charge in [0, 0.05) is 32.9 Å². The SMILES string of the molecule is N#Cc1ccc2c(c1)c1c3ccccc3cc3c1n2-c1cc(-c2ccc4c(c2)C2(c5ccccc5-c5ccccc52)c2ccccc2-4)cc2c1B3c1cc3ccccc3c3c4cc(C#N)ccc4n-2c13. The molecule has 4 nitrogen and oxygen atoms in total. The van der Waals surface area contributed by atoms with E-state index in [9.17, 15) is 10.5 Å². The van der Waals surface area contributed by atoms with Crippen LogP contribution in [-0.2, 0) is 5.41 Å². The zero-order chi connectivity index (χ0) is 45.7. The molecule has 70 heavy (non-hydrogen) atoms. The average Bonchev–Trinajstić information content (AvgIpc) is 4.13. The fourth-order valence-corrected chi connectivity index (χ4v) is 14.1. The van der Waals surface area contributed by atoms with Crippen LogP contribution in [0.25, 0.3) is 110 Å². The van der Waals surface area contributed by atoms with E-state index in [1.807, 2.05) is 12.1 Å². The lowest BCUT2D eigenvalue weighted by atomic mass is 9.34. The van der Waals surface area contributed by atoms with Crippen molar-refractivity contribution in [1.82, 2.24) is 9.13 Å². The van der Waals surface area contributed by atoms with E-state index < -0.39 is 5.41 Å². The molecule has 0 unspecified atom stereocenters. The number of hydrogen-bond donors (Lipinski definition) is 0. The third-order valence-electron chi connectivity index (χ3n) is 16.7. The number of benzene rings is 11. The van der Waals surface area contributed by atoms with Crippen molar-refractivity contribution in [2.75, 3.05) is 0 Å². The van der Waals surface area contributed by atoms with Crippen molar-refractivity contribution in [1.29, 1.82) is 10.5 Å². The molecule has 4 aliphatic rings. The first-order chi connectivity index (χ1) is 34.6. The molecular formula is C65H33BN4. The minimum atomic E-state index is -0.481. The van der Waals surface area contributed by atoms with Crippen LogP contribution in [0.15, 0.2) is 200 Å². The Morgan fingerprint density at radius 2 is 0.843 bits per heavy atom. The van der Waals surface area contributed by atoms with Gasteiger partial charge in [-0.05, 0) is 148 Å². The van der Waals surface area contributed by atoms with E-state index in [0.29, 0.717) is 11.1 Å². The van der Waals surface area contributed by atoms with Crippen LogP contribution >= 0.6 is 0 Å². The zero-order valence-corrected chi connectivity index (χ0v) is 37.4. The number of fused-ring (bicyclic) bond motifs is 24. The van der Waals surface area contributed by atoms with Crippen LogP contribution in [-0.4, -0.2) is 15.8 Å². The average molecular weight is 881 g/mol. The molecular weight excluding hydrogens is 848 g/mol. The third kappa shape index (κ3) is 4.14. The van der Waals surface area contributed by atoms with Crippen LogP contribution in [0, 0.1) is 22.7 Å². The Morgan fingerprint density at radius 1 is 0.386 bits per heavy atom. The lowest BCUT2D eigenvalue weighted by Gasteiger charge is -2.35. The molecule has 2 aliphatic heterocycles. The molecule has 0 N–H and O–H groups in total. The van der Waals surface area contributed by atoms with E-state index in [1.54, 1.807) is 0 Å². The van der Waals surface area contributed by atoms with Crippen LogP contribution in [0.5, 0.6) is 0 Å². The van der Waals surface area contributed by atoms with E-state index in [1.165, 1.54) is 104 Å². The highest BCUT2D eigenvalue weighted by molar-refractivity contribution is 7.00. The molecule has 0 fully saturated rings. The Balaban J connectivity index is 1.05. The van der Waals surface area contributed by atoms with Gasteiger partial charge in [-0.25, -0.2) is 0 Å². The second-order valence-electron chi connectivity index (χ2n) is 19.7. The van der Waals surface area contributed by atoms with E-state index in [4.69, 9.17) is 0 Å².